The van der Waals surface area contributed by atoms with Gasteiger partial charge in [-0.15, -0.1) is 34.0 Å². The van der Waals surface area contributed by atoms with Crippen LogP contribution in [0, 0.1) is 42.1 Å². The number of aliphatic carboxylic acids is 1. The molecule has 115 heavy (non-hydrogen) atoms. The number of aromatic carboxylic acids is 2. The molecule has 0 aliphatic carbocycles. The number of carbonyl (C=O) groups is 6. The fourth-order valence-electron chi connectivity index (χ4n) is 14.1. The monoisotopic (exact) mass is 1700 g/mol. The van der Waals surface area contributed by atoms with Crippen LogP contribution in [0.4, 0.5) is 30.2 Å². The summed E-state index contributed by atoms with van der Waals surface area (Å²) in [5.74, 6) is -4.69. The fraction of sp³-hybridized carbons (Fsp3) is 0.303. The van der Waals surface area contributed by atoms with E-state index in [1.54, 1.807) is 43.7 Å². The van der Waals surface area contributed by atoms with Crippen molar-refractivity contribution in [3.8, 4) is 0 Å². The van der Waals surface area contributed by atoms with E-state index in [-0.39, 0.29) is 66.5 Å². The number of carboxylic acids is 3. The van der Waals surface area contributed by atoms with E-state index >= 15 is 0 Å². The summed E-state index contributed by atoms with van der Waals surface area (Å²) in [4.78, 5) is 128. The first-order valence-corrected chi connectivity index (χ1v) is 40.2. The highest BCUT2D eigenvalue weighted by atomic mass is 35.5. The van der Waals surface area contributed by atoms with Gasteiger partial charge in [0.25, 0.3) is 0 Å². The first-order valence-electron chi connectivity index (χ1n) is 35.6. The lowest BCUT2D eigenvalue weighted by Gasteiger charge is -2.36. The Balaban J connectivity index is 0.000000150. The lowest BCUT2D eigenvalue weighted by Crippen LogP contribution is -2.42. The van der Waals surface area contributed by atoms with Gasteiger partial charge in [-0.1, -0.05) is 82.5 Å². The molecule has 3 saturated heterocycles. The third-order valence-electron chi connectivity index (χ3n) is 19.6. The molecule has 6 aliphatic rings. The topological polar surface area (TPSA) is 377 Å². The Morgan fingerprint density at radius 1 is 0.487 bits per heavy atom. The summed E-state index contributed by atoms with van der Waals surface area (Å²) in [6.45, 7) is 5.08. The zero-order valence-corrected chi connectivity index (χ0v) is 66.8. The third kappa shape index (κ3) is 18.2. The summed E-state index contributed by atoms with van der Waals surface area (Å²) in [5, 5.41) is 45.3. The molecule has 3 aromatic carbocycles. The molecule has 0 spiro atoms. The average Bonchev–Trinajstić information content (AvgIpc) is 1.35. The van der Waals surface area contributed by atoms with Crippen LogP contribution in [0.5, 0.6) is 0 Å². The number of aryl methyl sites for hydroxylation is 1. The van der Waals surface area contributed by atoms with Crippen LogP contribution < -0.4 is 30.7 Å². The van der Waals surface area contributed by atoms with Crippen molar-refractivity contribution in [2.45, 2.75) is 70.0 Å². The van der Waals surface area contributed by atoms with Gasteiger partial charge in [-0.05, 0) is 63.6 Å². The molecule has 29 nitrogen and oxygen atoms in total. The number of anilines is 3. The van der Waals surface area contributed by atoms with Gasteiger partial charge in [-0.3, -0.25) is 19.8 Å². The lowest BCUT2D eigenvalue weighted by atomic mass is 9.85. The fourth-order valence-corrected chi connectivity index (χ4v) is 17.3. The Bertz CT molecular complexity index is 5360. The van der Waals surface area contributed by atoms with Crippen LogP contribution in [0.15, 0.2) is 163 Å². The summed E-state index contributed by atoms with van der Waals surface area (Å²) >= 11 is 24.4. The number of rotatable bonds is 19. The van der Waals surface area contributed by atoms with Crippen molar-refractivity contribution >= 4 is 151 Å². The minimum absolute atomic E-state index is 0.0362. The molecule has 0 radical (unpaired) electrons. The first kappa shape index (κ1) is 81.9. The highest BCUT2D eigenvalue weighted by molar-refractivity contribution is 7.17. The van der Waals surface area contributed by atoms with Gasteiger partial charge in [0.05, 0.1) is 65.7 Å². The number of thiazole rings is 4. The zero-order chi connectivity index (χ0) is 81.3. The lowest BCUT2D eigenvalue weighted by molar-refractivity contribution is -0.137. The number of piperidine rings is 3. The number of allylic oxidation sites excluding steroid dienone is 3. The number of carbonyl (C=O) groups excluding carboxylic acids is 3. The summed E-state index contributed by atoms with van der Waals surface area (Å²) < 4.78 is 58.8. The Hall–Kier alpha value is -11.2. The second-order valence-electron chi connectivity index (χ2n) is 26.5. The van der Waals surface area contributed by atoms with Crippen LogP contribution in [0.25, 0.3) is 0 Å². The molecule has 3 fully saturated rings. The summed E-state index contributed by atoms with van der Waals surface area (Å²) in [7, 11) is 3.88. The molecule has 3 unspecified atom stereocenters. The van der Waals surface area contributed by atoms with Gasteiger partial charge in [0.15, 0.2) is 43.4 Å². The number of hydrogen-bond acceptors (Lipinski definition) is 30. The van der Waals surface area contributed by atoms with Crippen molar-refractivity contribution in [2.75, 3.05) is 75.3 Å². The molecule has 596 valence electrons. The highest BCUT2D eigenvalue weighted by Crippen LogP contribution is 2.45. The number of aromatic nitrogens is 8. The molecule has 6 N–H and O–H groups in total. The van der Waals surface area contributed by atoms with Crippen molar-refractivity contribution < 1.29 is 71.5 Å². The molecule has 15 rings (SSSR count). The molecular weight excluding hydrogens is 1630 g/mol. The molecule has 12 heterocycles. The average molecular weight is 1700 g/mol. The number of carboxylic acid groups (broad SMARTS) is 3. The molecule has 0 saturated carbocycles. The maximum Gasteiger partial charge on any atom is 0.354 e. The number of methoxy groups -OCH3 is 3. The number of amidine groups is 3. The van der Waals surface area contributed by atoms with Gasteiger partial charge in [-0.2, -0.15) is 0 Å². The van der Waals surface area contributed by atoms with Crippen LogP contribution in [-0.2, 0) is 39.8 Å². The van der Waals surface area contributed by atoms with Crippen molar-refractivity contribution in [3.63, 3.8) is 0 Å². The first-order chi connectivity index (χ1) is 55.5. The maximum absolute atomic E-state index is 14.5. The van der Waals surface area contributed by atoms with Gasteiger partial charge in [-0.25, -0.2) is 77.0 Å². The molecule has 6 aliphatic heterocycles. The predicted octanol–water partition coefficient (Wildman–Crippen LogP) is 12.5. The van der Waals surface area contributed by atoms with Crippen LogP contribution >= 0.6 is 80.1 Å². The number of halogens is 6. The molecule has 0 amide bonds. The van der Waals surface area contributed by atoms with Crippen molar-refractivity contribution in [1.82, 2.24) is 55.8 Å². The Labute approximate surface area is 685 Å². The number of ether oxygens (including phenoxy) is 3. The standard InChI is InChI=1S/2C26H24ClFN6O4S.C24H21ClFN5O4S2/c1-13-12-30-26(33-19(13)24(35)36)34-9-6-14(7-10-34)20-17(25(37)38-2)21(15-4-3-5-16(28)18(15)27)32-22(31-20)23-29-8-11-39-23;1-38-25(37)19-21(15-5-8-34(9-6-15)26-30-12-14(13-31-26)11-18(35)36)32-23(24-29-7-10-39-24)33-22(19)16-3-2-4-17(28)20(16)27;1-35-23(34)16-18(12-5-8-31(9-6-12)24-28-11-15(37-24)22(32)33)29-20(21-27-7-10-36-21)30-19(16)13-3-2-4-14(26)17(13)25/h3-5,8,11-12,14,21H,6-7,9-10H2,1-2H3,(H,31,32)(H,35,36);2-4,7,10,12-13,15,22H,5-6,8-9,11H2,1H3,(H,32,33)(H,35,36);2-4,7,10-12,19H,5-6,8-9H2,1H3,(H,29,30)(H,32,33). The Morgan fingerprint density at radius 2 is 0.852 bits per heavy atom. The van der Waals surface area contributed by atoms with Crippen molar-refractivity contribution in [1.29, 1.82) is 0 Å². The van der Waals surface area contributed by atoms with Gasteiger partial charge < -0.3 is 60.2 Å². The highest BCUT2D eigenvalue weighted by Gasteiger charge is 2.43. The molecule has 0 bridgehead atoms. The van der Waals surface area contributed by atoms with E-state index < -0.39 is 71.4 Å². The molecule has 6 aromatic heterocycles. The number of benzene rings is 3. The van der Waals surface area contributed by atoms with Gasteiger partial charge in [0.2, 0.25) is 11.9 Å². The van der Waals surface area contributed by atoms with Crippen LogP contribution in [0.2, 0.25) is 15.1 Å². The number of nitrogens with zero attached hydrogens (tertiary/aromatic N) is 14. The molecular formula is C76H69Cl3F3N17O12S4. The third-order valence-corrected chi connectivity index (χ3v) is 24.2. The van der Waals surface area contributed by atoms with E-state index in [0.717, 1.165) is 11.3 Å². The van der Waals surface area contributed by atoms with E-state index in [2.05, 4.69) is 55.8 Å². The SMILES string of the molecule is COC(=O)C1=C(C2CCN(c3ncc(C(=O)O)s3)CC2)NC(c2nccs2)=NC1c1cccc(F)c1Cl.COC(=O)C1=C(C2CCN(c3ncc(C)c(C(=O)O)n3)CC2)NC(c2nccs2)=NC1c1cccc(F)c1Cl.COC(=O)C1=C(C2CCN(c3ncc(CC(=O)O)cn3)CC2)NC(c2nccs2)=NC1c1cccc(F)c1Cl. The van der Waals surface area contributed by atoms with Crippen LogP contribution in [0.3, 0.4) is 0 Å². The zero-order valence-electron chi connectivity index (χ0n) is 61.3. The van der Waals surface area contributed by atoms with Crippen molar-refractivity contribution in [3.05, 3.63) is 234 Å². The van der Waals surface area contributed by atoms with Crippen LogP contribution in [0.1, 0.15) is 120 Å². The summed E-state index contributed by atoms with van der Waals surface area (Å²) in [5.41, 5.74) is 4.73. The quantitative estimate of drug-likeness (QED) is 0.0323. The van der Waals surface area contributed by atoms with Gasteiger partial charge in [0.1, 0.15) is 40.5 Å². The maximum atomic E-state index is 14.5. The number of esters is 3. The molecule has 39 heteroatoms. The minimum atomic E-state index is -1.11. The Morgan fingerprint density at radius 3 is 1.18 bits per heavy atom. The molecule has 9 aromatic rings. The molecule has 3 atom stereocenters. The number of aliphatic imine (C=N–C) groups is 3. The smallest absolute Gasteiger partial charge is 0.354 e. The van der Waals surface area contributed by atoms with E-state index in [1.807, 2.05) is 30.8 Å². The predicted molar refractivity (Wildman–Crippen MR) is 426 cm³/mol. The summed E-state index contributed by atoms with van der Waals surface area (Å²) in [6, 6.07) is 10.6. The second kappa shape index (κ2) is 36.6. The van der Waals surface area contributed by atoms with Gasteiger partial charge in [0, 0.05) is 155 Å². The largest absolute Gasteiger partial charge is 0.481 e. The van der Waals surface area contributed by atoms with E-state index in [1.165, 1.54) is 117 Å². The minimum Gasteiger partial charge on any atom is -0.481 e. The Kier molecular flexibility index (Phi) is 26.0. The van der Waals surface area contributed by atoms with E-state index in [9.17, 15) is 52.2 Å². The van der Waals surface area contributed by atoms with Crippen molar-refractivity contribution in [2.24, 2.45) is 32.7 Å². The van der Waals surface area contributed by atoms with Crippen LogP contribution in [-0.4, -0.2) is 169 Å². The summed E-state index contributed by atoms with van der Waals surface area (Å²) in [6.07, 6.45) is 14.5. The second-order valence-corrected chi connectivity index (χ2v) is 31.3. The number of nitrogens with one attached hydrogen (secondary N) is 3. The van der Waals surface area contributed by atoms with E-state index in [0.29, 0.717) is 172 Å². The number of hydrogen-bond donors (Lipinski definition) is 6. The van der Waals surface area contributed by atoms with E-state index in [4.69, 9.17) is 69.1 Å². The van der Waals surface area contributed by atoms with Gasteiger partial charge >= 0.3 is 35.8 Å². The normalized spacial score (nSPS) is 18.1.